The highest BCUT2D eigenvalue weighted by molar-refractivity contribution is 7.99. The molecule has 3 nitrogen and oxygen atoms in total. The van der Waals surface area contributed by atoms with E-state index in [1.165, 1.54) is 0 Å². The molecule has 0 aliphatic heterocycles. The van der Waals surface area contributed by atoms with Gasteiger partial charge in [0.15, 0.2) is 0 Å². The Morgan fingerprint density at radius 1 is 1.73 bits per heavy atom. The van der Waals surface area contributed by atoms with Gasteiger partial charge in [-0.1, -0.05) is 6.92 Å². The third-order valence-corrected chi connectivity index (χ3v) is 2.03. The summed E-state index contributed by atoms with van der Waals surface area (Å²) in [6.07, 6.45) is 0.563. The van der Waals surface area contributed by atoms with Crippen molar-refractivity contribution in [2.24, 2.45) is 5.73 Å². The zero-order valence-electron chi connectivity index (χ0n) is 6.54. The van der Waals surface area contributed by atoms with E-state index in [2.05, 4.69) is 0 Å². The normalized spacial score (nSPS) is 11.8. The molecule has 0 bridgehead atoms. The lowest BCUT2D eigenvalue weighted by Gasteiger charge is -2.03. The van der Waals surface area contributed by atoms with Gasteiger partial charge in [-0.05, 0) is 17.9 Å². The van der Waals surface area contributed by atoms with Crippen LogP contribution in [0.2, 0.25) is 0 Å². The van der Waals surface area contributed by atoms with E-state index in [9.17, 15) is 4.79 Å². The first-order valence-corrected chi connectivity index (χ1v) is 4.40. The second kappa shape index (κ2) is 8.23. The Kier molecular flexibility index (Phi) is 10.2. The molecule has 0 spiro atoms. The Labute approximate surface area is 78.2 Å². The van der Waals surface area contributed by atoms with Crippen LogP contribution in [0.15, 0.2) is 0 Å². The quantitative estimate of drug-likeness (QED) is 0.635. The third-order valence-electron chi connectivity index (χ3n) is 1.09. The Bertz CT molecular complexity index is 111. The second-order valence-corrected chi connectivity index (χ2v) is 3.32. The van der Waals surface area contributed by atoms with E-state index < -0.39 is 12.0 Å². The molecule has 1 atom stereocenters. The predicted octanol–water partition coefficient (Wildman–Crippen LogP) is 0.654. The van der Waals surface area contributed by atoms with E-state index in [-0.39, 0.29) is 13.5 Å². The van der Waals surface area contributed by atoms with Gasteiger partial charge in [-0.25, -0.2) is 0 Å². The molecule has 0 aromatic rings. The Morgan fingerprint density at radius 2 is 2.27 bits per heavy atom. The molecule has 11 heavy (non-hydrogen) atoms. The summed E-state index contributed by atoms with van der Waals surface area (Å²) in [5.74, 6) is 0.952. The molecule has 0 unspecified atom stereocenters. The fraction of sp³-hybridized carbons (Fsp3) is 0.833. The van der Waals surface area contributed by atoms with Crippen molar-refractivity contribution in [2.45, 2.75) is 19.4 Å². The van der Waals surface area contributed by atoms with Gasteiger partial charge in [-0.3, -0.25) is 4.79 Å². The molecule has 0 rings (SSSR count). The Balaban J connectivity index is 0. The summed E-state index contributed by atoms with van der Waals surface area (Å²) >= 11 is 1.71. The van der Waals surface area contributed by atoms with Crippen molar-refractivity contribution >= 4 is 31.2 Å². The van der Waals surface area contributed by atoms with Crippen LogP contribution < -0.4 is 5.73 Å². The molecule has 0 aromatic heterocycles. The molecule has 68 valence electrons. The zero-order chi connectivity index (χ0) is 7.98. The van der Waals surface area contributed by atoms with E-state index in [1.54, 1.807) is 11.8 Å². The maximum Gasteiger partial charge on any atom is 0.320 e. The highest BCUT2D eigenvalue weighted by Gasteiger charge is 2.09. The molecule has 0 radical (unpaired) electrons. The zero-order valence-corrected chi connectivity index (χ0v) is 8.36. The molecule has 3 N–H and O–H groups in total. The van der Waals surface area contributed by atoms with Gasteiger partial charge >= 0.3 is 5.97 Å². The fourth-order valence-corrected chi connectivity index (χ4v) is 1.19. The number of rotatable bonds is 5. The number of thioether (sulfide) groups is 1. The van der Waals surface area contributed by atoms with E-state index in [4.69, 9.17) is 10.8 Å². The molecule has 0 fully saturated rings. The average Bonchev–Trinajstić information content (AvgIpc) is 1.88. The van der Waals surface area contributed by atoms with Crippen molar-refractivity contribution in [3.63, 3.8) is 0 Å². The number of hydrogen-bond donors (Lipinski definition) is 2. The van der Waals surface area contributed by atoms with E-state index >= 15 is 0 Å². The van der Waals surface area contributed by atoms with Crippen LogP contribution in [0.5, 0.6) is 0 Å². The van der Waals surface area contributed by atoms with Gasteiger partial charge < -0.3 is 10.8 Å². The standard InChI is InChI=1S/C6H13NO2S.H2S/c1-2-10-4-3-5(7)6(8)9;/h5H,2-4,7H2,1H3,(H,8,9);1H2/t5-;/m1./s1. The van der Waals surface area contributed by atoms with Crippen molar-refractivity contribution in [2.75, 3.05) is 11.5 Å². The van der Waals surface area contributed by atoms with E-state index in [0.717, 1.165) is 11.5 Å². The first-order chi connectivity index (χ1) is 4.68. The maximum atomic E-state index is 10.2. The maximum absolute atomic E-state index is 10.2. The van der Waals surface area contributed by atoms with Gasteiger partial charge in [0.1, 0.15) is 6.04 Å². The van der Waals surface area contributed by atoms with Crippen LogP contribution in [-0.4, -0.2) is 28.6 Å². The van der Waals surface area contributed by atoms with E-state index in [0.29, 0.717) is 6.42 Å². The molecule has 0 saturated heterocycles. The number of aliphatic carboxylic acids is 1. The number of carboxylic acids is 1. The summed E-state index contributed by atoms with van der Waals surface area (Å²) in [5, 5.41) is 8.35. The second-order valence-electron chi connectivity index (χ2n) is 1.93. The van der Waals surface area contributed by atoms with Crippen LogP contribution in [0, 0.1) is 0 Å². The highest BCUT2D eigenvalue weighted by Crippen LogP contribution is 2.02. The lowest BCUT2D eigenvalue weighted by Crippen LogP contribution is -2.30. The summed E-state index contributed by atoms with van der Waals surface area (Å²) in [7, 11) is 0. The first kappa shape index (κ1) is 13.7. The number of carbonyl (C=O) groups is 1. The van der Waals surface area contributed by atoms with E-state index in [1.807, 2.05) is 6.92 Å². The lowest BCUT2D eigenvalue weighted by molar-refractivity contribution is -0.138. The van der Waals surface area contributed by atoms with Gasteiger partial charge in [0.25, 0.3) is 0 Å². The molecule has 0 aliphatic carbocycles. The molecular weight excluding hydrogens is 182 g/mol. The van der Waals surface area contributed by atoms with Crippen molar-refractivity contribution in [1.29, 1.82) is 0 Å². The van der Waals surface area contributed by atoms with Crippen molar-refractivity contribution in [3.05, 3.63) is 0 Å². The first-order valence-electron chi connectivity index (χ1n) is 3.24. The minimum absolute atomic E-state index is 0. The molecule has 5 heteroatoms. The van der Waals surface area contributed by atoms with Gasteiger partial charge in [-0.2, -0.15) is 25.3 Å². The summed E-state index contributed by atoms with van der Waals surface area (Å²) in [6, 6.07) is -0.681. The smallest absolute Gasteiger partial charge is 0.320 e. The van der Waals surface area contributed by atoms with Crippen LogP contribution >= 0.6 is 25.3 Å². The molecule has 0 aliphatic rings. The van der Waals surface area contributed by atoms with Gasteiger partial charge in [-0.15, -0.1) is 0 Å². The topological polar surface area (TPSA) is 63.3 Å². The SMILES string of the molecule is CCSCC[C@@H](N)C(=O)O.S. The molecule has 0 aromatic carbocycles. The minimum Gasteiger partial charge on any atom is -0.480 e. The van der Waals surface area contributed by atoms with Gasteiger partial charge in [0, 0.05) is 0 Å². The number of carboxylic acid groups (broad SMARTS) is 1. The molecular formula is C6H15NO2S2. The van der Waals surface area contributed by atoms with Gasteiger partial charge in [0.05, 0.1) is 0 Å². The summed E-state index contributed by atoms with van der Waals surface area (Å²) < 4.78 is 0. The lowest BCUT2D eigenvalue weighted by atomic mass is 10.2. The average molecular weight is 197 g/mol. The fourth-order valence-electron chi connectivity index (χ4n) is 0.478. The van der Waals surface area contributed by atoms with Crippen molar-refractivity contribution in [1.82, 2.24) is 0 Å². The molecule has 0 saturated carbocycles. The van der Waals surface area contributed by atoms with Crippen LogP contribution in [0.1, 0.15) is 13.3 Å². The van der Waals surface area contributed by atoms with Crippen LogP contribution in [0.4, 0.5) is 0 Å². The van der Waals surface area contributed by atoms with Crippen LogP contribution in [-0.2, 0) is 4.79 Å². The summed E-state index contributed by atoms with van der Waals surface area (Å²) in [6.45, 7) is 2.04. The minimum atomic E-state index is -0.906. The highest BCUT2D eigenvalue weighted by atomic mass is 32.2. The monoisotopic (exact) mass is 197 g/mol. The Morgan fingerprint density at radius 3 is 2.64 bits per heavy atom. The number of nitrogens with two attached hydrogens (primary N) is 1. The third kappa shape index (κ3) is 8.03. The Hall–Kier alpha value is 0.130. The molecule has 0 heterocycles. The summed E-state index contributed by atoms with van der Waals surface area (Å²) in [5.41, 5.74) is 5.24. The van der Waals surface area contributed by atoms with Crippen molar-refractivity contribution in [3.8, 4) is 0 Å². The molecule has 0 amide bonds. The largest absolute Gasteiger partial charge is 0.480 e. The predicted molar refractivity (Wildman–Crippen MR) is 53.6 cm³/mol. The van der Waals surface area contributed by atoms with Gasteiger partial charge in [0.2, 0.25) is 0 Å². The summed E-state index contributed by atoms with van der Waals surface area (Å²) in [4.78, 5) is 10.2. The number of hydrogen-bond acceptors (Lipinski definition) is 3. The van der Waals surface area contributed by atoms with Crippen LogP contribution in [0.25, 0.3) is 0 Å². The van der Waals surface area contributed by atoms with Crippen molar-refractivity contribution < 1.29 is 9.90 Å². The van der Waals surface area contributed by atoms with Crippen LogP contribution in [0.3, 0.4) is 0 Å².